The smallest absolute Gasteiger partial charge is 0.251 e. The highest BCUT2D eigenvalue weighted by Gasteiger charge is 2.08. The van der Waals surface area contributed by atoms with Gasteiger partial charge >= 0.3 is 0 Å². The van der Waals surface area contributed by atoms with E-state index in [0.29, 0.717) is 5.56 Å². The van der Waals surface area contributed by atoms with Gasteiger partial charge in [-0.25, -0.2) is 0 Å². The Kier molecular flexibility index (Phi) is 10.6. The zero-order chi connectivity index (χ0) is 19.6. The van der Waals surface area contributed by atoms with Gasteiger partial charge < -0.3 is 16.0 Å². The summed E-state index contributed by atoms with van der Waals surface area (Å²) in [6.07, 6.45) is 1.86. The van der Waals surface area contributed by atoms with Crippen LogP contribution >= 0.6 is 24.0 Å². The predicted molar refractivity (Wildman–Crippen MR) is 128 cm³/mol. The first-order valence-corrected chi connectivity index (χ1v) is 9.44. The van der Waals surface area contributed by atoms with Gasteiger partial charge in [0.15, 0.2) is 5.96 Å². The fourth-order valence-electron chi connectivity index (χ4n) is 2.86. The average Bonchev–Trinajstić information content (AvgIpc) is 2.72. The molecule has 0 radical (unpaired) electrons. The van der Waals surface area contributed by atoms with Gasteiger partial charge in [0.2, 0.25) is 0 Å². The molecule has 1 atom stereocenters. The van der Waals surface area contributed by atoms with Crippen LogP contribution in [0.4, 0.5) is 0 Å². The minimum absolute atomic E-state index is 0. The van der Waals surface area contributed by atoms with Crippen LogP contribution in [0.15, 0.2) is 53.5 Å². The van der Waals surface area contributed by atoms with Crippen LogP contribution in [0.25, 0.3) is 0 Å². The van der Waals surface area contributed by atoms with E-state index in [9.17, 15) is 4.79 Å². The van der Waals surface area contributed by atoms with Gasteiger partial charge in [0, 0.05) is 26.2 Å². The van der Waals surface area contributed by atoms with Crippen molar-refractivity contribution in [1.82, 2.24) is 16.0 Å². The van der Waals surface area contributed by atoms with Crippen LogP contribution in [0.5, 0.6) is 0 Å². The molecule has 0 bridgehead atoms. The second-order valence-electron chi connectivity index (χ2n) is 6.49. The molecule has 1 unspecified atom stereocenters. The molecule has 0 aromatic heterocycles. The number of carbonyl (C=O) groups excluding carboxylic acids is 1. The second kappa shape index (κ2) is 12.4. The predicted octanol–water partition coefficient (Wildman–Crippen LogP) is 3.70. The van der Waals surface area contributed by atoms with Gasteiger partial charge in [-0.05, 0) is 48.6 Å². The minimum Gasteiger partial charge on any atom is -0.356 e. The summed E-state index contributed by atoms with van der Waals surface area (Å²) in [4.78, 5) is 16.0. The van der Waals surface area contributed by atoms with Crippen molar-refractivity contribution < 1.29 is 4.79 Å². The van der Waals surface area contributed by atoms with Crippen molar-refractivity contribution in [3.63, 3.8) is 0 Å². The van der Waals surface area contributed by atoms with Crippen molar-refractivity contribution in [2.24, 2.45) is 4.99 Å². The molecule has 2 aromatic carbocycles. The van der Waals surface area contributed by atoms with Crippen LogP contribution in [0.3, 0.4) is 0 Å². The lowest BCUT2D eigenvalue weighted by Gasteiger charge is -2.18. The summed E-state index contributed by atoms with van der Waals surface area (Å²) in [5, 5.41) is 9.41. The first-order chi connectivity index (χ1) is 13.1. The van der Waals surface area contributed by atoms with Gasteiger partial charge in [-0.2, -0.15) is 0 Å². The summed E-state index contributed by atoms with van der Waals surface area (Å²) >= 11 is 0. The number of aliphatic imine (C=N–C) groups is 1. The summed E-state index contributed by atoms with van der Waals surface area (Å²) in [5.41, 5.74) is 4.37. The van der Waals surface area contributed by atoms with Gasteiger partial charge in [-0.15, -0.1) is 24.0 Å². The monoisotopic (exact) mass is 494 g/mol. The lowest BCUT2D eigenvalue weighted by molar-refractivity contribution is 0.0963. The number of nitrogens with zero attached hydrogens (tertiary/aromatic N) is 1. The van der Waals surface area contributed by atoms with E-state index in [-0.39, 0.29) is 35.9 Å². The quantitative estimate of drug-likeness (QED) is 0.313. The summed E-state index contributed by atoms with van der Waals surface area (Å²) in [7, 11) is 3.41. The Morgan fingerprint density at radius 2 is 1.82 bits per heavy atom. The molecule has 3 N–H and O–H groups in total. The Morgan fingerprint density at radius 3 is 2.43 bits per heavy atom. The van der Waals surface area contributed by atoms with Crippen LogP contribution in [0, 0.1) is 0 Å². The van der Waals surface area contributed by atoms with E-state index in [0.717, 1.165) is 30.9 Å². The standard InChI is InChI=1S/C22H30N4O.HI/c1-5-17-9-11-19(12-10-17)16(2)26-22(24-4)25-14-13-18-7-6-8-20(15-18)21(27)23-3;/h6-12,15-16H,5,13-14H2,1-4H3,(H,23,27)(H2,24,25,26);1H. The van der Waals surface area contributed by atoms with Crippen LogP contribution in [-0.4, -0.2) is 32.5 Å². The lowest BCUT2D eigenvalue weighted by Crippen LogP contribution is -2.39. The minimum atomic E-state index is -0.0646. The van der Waals surface area contributed by atoms with Crippen molar-refractivity contribution in [1.29, 1.82) is 0 Å². The van der Waals surface area contributed by atoms with Crippen LogP contribution in [-0.2, 0) is 12.8 Å². The van der Waals surface area contributed by atoms with Crippen LogP contribution < -0.4 is 16.0 Å². The Balaban J connectivity index is 0.00000392. The Hall–Kier alpha value is -2.09. The average molecular weight is 494 g/mol. The molecule has 0 aliphatic carbocycles. The number of rotatable bonds is 7. The number of guanidine groups is 1. The van der Waals surface area contributed by atoms with Gasteiger partial charge in [-0.1, -0.05) is 43.3 Å². The normalized spacial score (nSPS) is 11.9. The van der Waals surface area contributed by atoms with Gasteiger partial charge in [-0.3, -0.25) is 9.79 Å². The van der Waals surface area contributed by atoms with Crippen molar-refractivity contribution in [2.75, 3.05) is 20.6 Å². The van der Waals surface area contributed by atoms with E-state index in [1.54, 1.807) is 14.1 Å². The molecule has 2 rings (SSSR count). The molecular weight excluding hydrogens is 463 g/mol. The maximum Gasteiger partial charge on any atom is 0.251 e. The Morgan fingerprint density at radius 1 is 1.11 bits per heavy atom. The maximum absolute atomic E-state index is 11.7. The van der Waals surface area contributed by atoms with Crippen molar-refractivity contribution >= 4 is 35.8 Å². The Labute approximate surface area is 185 Å². The highest BCUT2D eigenvalue weighted by atomic mass is 127. The molecule has 0 spiro atoms. The molecule has 0 saturated heterocycles. The molecule has 0 heterocycles. The van der Waals surface area contributed by atoms with E-state index >= 15 is 0 Å². The van der Waals surface area contributed by atoms with Gasteiger partial charge in [0.1, 0.15) is 0 Å². The van der Waals surface area contributed by atoms with E-state index in [1.165, 1.54) is 11.1 Å². The zero-order valence-electron chi connectivity index (χ0n) is 17.1. The number of amides is 1. The molecule has 0 saturated carbocycles. The summed E-state index contributed by atoms with van der Waals surface area (Å²) in [6, 6.07) is 16.5. The highest BCUT2D eigenvalue weighted by molar-refractivity contribution is 14.0. The summed E-state index contributed by atoms with van der Waals surface area (Å²) in [5.74, 6) is 0.703. The molecule has 152 valence electrons. The number of nitrogens with one attached hydrogen (secondary N) is 3. The first-order valence-electron chi connectivity index (χ1n) is 9.44. The van der Waals surface area contributed by atoms with E-state index < -0.39 is 0 Å². The second-order valence-corrected chi connectivity index (χ2v) is 6.49. The van der Waals surface area contributed by atoms with Crippen molar-refractivity contribution in [3.05, 3.63) is 70.8 Å². The number of hydrogen-bond donors (Lipinski definition) is 3. The first kappa shape index (κ1) is 23.9. The molecule has 0 fully saturated rings. The van der Waals surface area contributed by atoms with Crippen molar-refractivity contribution in [2.45, 2.75) is 32.7 Å². The largest absolute Gasteiger partial charge is 0.356 e. The molecule has 0 aliphatic heterocycles. The molecule has 2 aromatic rings. The van der Waals surface area contributed by atoms with E-state index in [2.05, 4.69) is 59.1 Å². The molecule has 0 aliphatic rings. The van der Waals surface area contributed by atoms with Gasteiger partial charge in [0.25, 0.3) is 5.91 Å². The number of halogens is 1. The number of hydrogen-bond acceptors (Lipinski definition) is 2. The third-order valence-corrected chi connectivity index (χ3v) is 4.59. The third kappa shape index (κ3) is 7.14. The number of benzene rings is 2. The van der Waals surface area contributed by atoms with E-state index in [4.69, 9.17) is 0 Å². The summed E-state index contributed by atoms with van der Waals surface area (Å²) < 4.78 is 0. The molecule has 1 amide bonds. The fraction of sp³-hybridized carbons (Fsp3) is 0.364. The third-order valence-electron chi connectivity index (χ3n) is 4.59. The zero-order valence-corrected chi connectivity index (χ0v) is 19.4. The van der Waals surface area contributed by atoms with Crippen molar-refractivity contribution in [3.8, 4) is 0 Å². The highest BCUT2D eigenvalue weighted by Crippen LogP contribution is 2.13. The topological polar surface area (TPSA) is 65.5 Å². The molecule has 6 heteroatoms. The van der Waals surface area contributed by atoms with Crippen LogP contribution in [0.2, 0.25) is 0 Å². The van der Waals surface area contributed by atoms with E-state index in [1.807, 2.05) is 24.3 Å². The SMILES string of the molecule is CCc1ccc(C(C)NC(=NC)NCCc2cccc(C(=O)NC)c2)cc1.I. The Bertz CT molecular complexity index is 774. The molecule has 5 nitrogen and oxygen atoms in total. The molecule has 28 heavy (non-hydrogen) atoms. The number of carbonyl (C=O) groups is 1. The lowest BCUT2D eigenvalue weighted by atomic mass is 10.1. The van der Waals surface area contributed by atoms with Crippen LogP contribution in [0.1, 0.15) is 46.9 Å². The summed E-state index contributed by atoms with van der Waals surface area (Å²) in [6.45, 7) is 5.02. The molecular formula is C22H31IN4O. The fourth-order valence-corrected chi connectivity index (χ4v) is 2.86. The van der Waals surface area contributed by atoms with Gasteiger partial charge in [0.05, 0.1) is 6.04 Å². The maximum atomic E-state index is 11.7. The number of aryl methyl sites for hydroxylation is 1.